The lowest BCUT2D eigenvalue weighted by atomic mass is 9.99. The molecule has 4 rings (SSSR count). The number of pyridine rings is 1. The van der Waals surface area contributed by atoms with Gasteiger partial charge in [-0.25, -0.2) is 18.6 Å². The molecule has 0 aliphatic carbocycles. The van der Waals surface area contributed by atoms with Gasteiger partial charge >= 0.3 is 12.1 Å². The van der Waals surface area contributed by atoms with Gasteiger partial charge in [-0.15, -0.1) is 0 Å². The molecule has 0 aliphatic heterocycles. The van der Waals surface area contributed by atoms with Crippen LogP contribution in [0.25, 0.3) is 10.8 Å². The van der Waals surface area contributed by atoms with Crippen LogP contribution in [0.1, 0.15) is 43.9 Å². The maximum Gasteiger partial charge on any atom is 0.491 e. The molecule has 0 aliphatic rings. The lowest BCUT2D eigenvalue weighted by Crippen LogP contribution is -2.54. The second kappa shape index (κ2) is 13.9. The van der Waals surface area contributed by atoms with Crippen LogP contribution in [-0.4, -0.2) is 35.7 Å². The number of nitrogen functional groups attached to an aromatic ring is 1. The molecule has 3 aromatic carbocycles. The van der Waals surface area contributed by atoms with E-state index in [0.717, 1.165) is 6.07 Å². The number of hydrogen-bond donors (Lipinski definition) is 3. The van der Waals surface area contributed by atoms with E-state index in [9.17, 15) is 31.5 Å². The Morgan fingerprint density at radius 2 is 1.74 bits per heavy atom. The quantitative estimate of drug-likeness (QED) is 0.0891. The lowest BCUT2D eigenvalue weighted by molar-refractivity contribution is -0.213. The zero-order chi connectivity index (χ0) is 33.6. The summed E-state index contributed by atoms with van der Waals surface area (Å²) in [7, 11) is 0. The van der Waals surface area contributed by atoms with E-state index in [2.05, 4.69) is 15.6 Å². The summed E-state index contributed by atoms with van der Waals surface area (Å²) in [5.41, 5.74) is 2.75. The summed E-state index contributed by atoms with van der Waals surface area (Å²) in [6.07, 6.45) is -7.21. The van der Waals surface area contributed by atoms with Gasteiger partial charge in [-0.2, -0.15) is 13.2 Å². The number of halogens is 5. The highest BCUT2D eigenvalue weighted by atomic mass is 19.4. The number of nitrogens with zero attached hydrogens (tertiary/aromatic N) is 1. The van der Waals surface area contributed by atoms with Crippen molar-refractivity contribution in [1.29, 1.82) is 0 Å². The summed E-state index contributed by atoms with van der Waals surface area (Å²) in [5, 5.41) is 6.14. The van der Waals surface area contributed by atoms with Crippen LogP contribution in [0, 0.1) is 0 Å². The number of carbonyl (C=O) groups excluding carboxylic acids is 2. The molecular formula is C32H31F5N4O5. The minimum atomic E-state index is -5.51. The van der Waals surface area contributed by atoms with Gasteiger partial charge in [0.25, 0.3) is 18.1 Å². The van der Waals surface area contributed by atoms with Crippen molar-refractivity contribution in [2.45, 2.75) is 51.7 Å². The second-order valence-electron chi connectivity index (χ2n) is 10.3. The van der Waals surface area contributed by atoms with E-state index < -0.39 is 36.7 Å². The van der Waals surface area contributed by atoms with Gasteiger partial charge in [0.2, 0.25) is 0 Å². The molecule has 0 saturated heterocycles. The minimum absolute atomic E-state index is 0.0535. The van der Waals surface area contributed by atoms with Crippen LogP contribution in [0.15, 0.2) is 72.9 Å². The molecule has 1 heterocycles. The number of carbonyl (C=O) groups is 2. The Balaban J connectivity index is 1.89. The molecule has 0 radical (unpaired) electrons. The topological polar surface area (TPSA) is 125 Å². The van der Waals surface area contributed by atoms with Gasteiger partial charge in [0, 0.05) is 34.9 Å². The van der Waals surface area contributed by atoms with Crippen molar-refractivity contribution in [1.82, 2.24) is 10.3 Å². The van der Waals surface area contributed by atoms with Crippen molar-refractivity contribution in [2.24, 2.45) is 0 Å². The molecule has 1 aromatic heterocycles. The van der Waals surface area contributed by atoms with E-state index in [1.54, 1.807) is 26.8 Å². The summed E-state index contributed by atoms with van der Waals surface area (Å²) < 4.78 is 84.4. The lowest BCUT2D eigenvalue weighted by Gasteiger charge is -2.34. The number of hydrogen-bond acceptors (Lipinski definition) is 8. The molecule has 1 atom stereocenters. The minimum Gasteiger partial charge on any atom is -0.490 e. The third-order valence-corrected chi connectivity index (χ3v) is 6.58. The number of alkyl halides is 5. The van der Waals surface area contributed by atoms with Crippen molar-refractivity contribution in [3.05, 3.63) is 89.6 Å². The zero-order valence-electron chi connectivity index (χ0n) is 25.0. The highest BCUT2D eigenvalue weighted by molar-refractivity contribution is 5.95. The molecule has 4 aromatic rings. The van der Waals surface area contributed by atoms with Crippen LogP contribution in [0.4, 0.5) is 33.5 Å². The number of ether oxygens (including phenoxy) is 3. The summed E-state index contributed by atoms with van der Waals surface area (Å²) in [4.78, 5) is 30.6. The number of benzene rings is 3. The average Bonchev–Trinajstić information content (AvgIpc) is 3.00. The molecule has 14 heteroatoms. The number of esters is 1. The van der Waals surface area contributed by atoms with Crippen LogP contribution in [0.2, 0.25) is 0 Å². The smallest absolute Gasteiger partial charge is 0.490 e. The zero-order valence-corrected chi connectivity index (χ0v) is 25.0. The molecular weight excluding hydrogens is 615 g/mol. The van der Waals surface area contributed by atoms with E-state index in [1.165, 1.54) is 60.8 Å². The normalized spacial score (nSPS) is 12.9. The maximum absolute atomic E-state index is 14.1. The van der Waals surface area contributed by atoms with Crippen molar-refractivity contribution in [3.8, 4) is 11.5 Å². The van der Waals surface area contributed by atoms with E-state index in [-0.39, 0.29) is 52.4 Å². The van der Waals surface area contributed by atoms with Gasteiger partial charge in [0.1, 0.15) is 5.82 Å². The number of nitrogens with two attached hydrogens (primary N) is 1. The second-order valence-corrected chi connectivity index (χ2v) is 10.3. The van der Waals surface area contributed by atoms with Crippen LogP contribution < -0.4 is 25.8 Å². The van der Waals surface area contributed by atoms with Crippen LogP contribution in [0.3, 0.4) is 0 Å². The van der Waals surface area contributed by atoms with E-state index >= 15 is 0 Å². The molecule has 0 spiro atoms. The summed E-state index contributed by atoms with van der Waals surface area (Å²) in [6, 6.07) is 14.9. The summed E-state index contributed by atoms with van der Waals surface area (Å²) in [5.74, 6) is -3.47. The Morgan fingerprint density at radius 3 is 2.41 bits per heavy atom. The first-order valence-electron chi connectivity index (χ1n) is 14.1. The fraction of sp³-hybridized carbons (Fsp3) is 0.281. The SMILES string of the molecule is CCOc1cc(C(Nc2ccc3c(N)nccc3c2)(OC(=O)C(F)(F)F)C(=O)NCc2cccc(C(F)F)c2)ccc1OC(C)C. The summed E-state index contributed by atoms with van der Waals surface area (Å²) in [6.45, 7) is 4.88. The Bertz CT molecular complexity index is 1720. The third-order valence-electron chi connectivity index (χ3n) is 6.58. The van der Waals surface area contributed by atoms with Crippen molar-refractivity contribution >= 4 is 34.2 Å². The molecule has 46 heavy (non-hydrogen) atoms. The Hall–Kier alpha value is -5.14. The monoisotopic (exact) mass is 646 g/mol. The van der Waals surface area contributed by atoms with Gasteiger partial charge in [-0.3, -0.25) is 4.79 Å². The van der Waals surface area contributed by atoms with E-state index in [4.69, 9.17) is 19.9 Å². The first-order valence-corrected chi connectivity index (χ1v) is 14.1. The molecule has 0 bridgehead atoms. The molecule has 1 amide bonds. The Kier molecular flexibility index (Phi) is 10.2. The van der Waals surface area contributed by atoms with E-state index in [0.29, 0.717) is 10.8 Å². The maximum atomic E-state index is 14.1. The van der Waals surface area contributed by atoms with Gasteiger partial charge in [-0.05, 0) is 80.3 Å². The average molecular weight is 647 g/mol. The Morgan fingerprint density at radius 1 is 0.978 bits per heavy atom. The van der Waals surface area contributed by atoms with Crippen molar-refractivity contribution in [2.75, 3.05) is 17.7 Å². The van der Waals surface area contributed by atoms with Crippen molar-refractivity contribution in [3.63, 3.8) is 0 Å². The van der Waals surface area contributed by atoms with Crippen molar-refractivity contribution < 1.29 is 45.8 Å². The third kappa shape index (κ3) is 7.73. The number of amides is 1. The number of fused-ring (bicyclic) bond motifs is 1. The Labute approximate surface area is 260 Å². The van der Waals surface area contributed by atoms with Crippen LogP contribution in [0.5, 0.6) is 11.5 Å². The first-order chi connectivity index (χ1) is 21.7. The predicted octanol–water partition coefficient (Wildman–Crippen LogP) is 6.63. The molecule has 0 fully saturated rings. The fourth-order valence-electron chi connectivity index (χ4n) is 4.56. The largest absolute Gasteiger partial charge is 0.491 e. The summed E-state index contributed by atoms with van der Waals surface area (Å²) >= 11 is 0. The highest BCUT2D eigenvalue weighted by Gasteiger charge is 2.52. The molecule has 4 N–H and O–H groups in total. The number of nitrogens with one attached hydrogen (secondary N) is 2. The molecule has 9 nitrogen and oxygen atoms in total. The number of anilines is 2. The number of rotatable bonds is 12. The molecule has 1 unspecified atom stereocenters. The standard InChI is InChI=1S/C32H31F5N4O5/c1-4-44-26-16-22(8-11-25(26)45-18(2)3)31(46-30(43)32(35,36)37,29(42)40-17-19-6-5-7-21(14-19)27(33)34)41-23-9-10-24-20(15-23)12-13-39-28(24)38/h5-16,18,27,41H,4,17H2,1-3H3,(H2,38,39)(H,40,42). The first kappa shape index (κ1) is 33.7. The van der Waals surface area contributed by atoms with E-state index in [1.807, 2.05) is 0 Å². The predicted molar refractivity (Wildman–Crippen MR) is 160 cm³/mol. The van der Waals surface area contributed by atoms with Crippen LogP contribution in [-0.2, 0) is 26.6 Å². The fourth-order valence-corrected chi connectivity index (χ4v) is 4.56. The molecule has 244 valence electrons. The number of aromatic nitrogens is 1. The highest BCUT2D eigenvalue weighted by Crippen LogP contribution is 2.38. The van der Waals surface area contributed by atoms with Gasteiger partial charge in [0.05, 0.1) is 12.7 Å². The van der Waals surface area contributed by atoms with Gasteiger partial charge < -0.3 is 30.6 Å². The van der Waals surface area contributed by atoms with Crippen LogP contribution >= 0.6 is 0 Å². The van der Waals surface area contributed by atoms with Gasteiger partial charge in [-0.1, -0.05) is 18.2 Å². The van der Waals surface area contributed by atoms with Gasteiger partial charge in [0.15, 0.2) is 11.5 Å². The molecule has 0 saturated carbocycles.